The number of nitrogens with one attached hydrogen (secondary N) is 2. The molecular weight excluding hydrogens is 278 g/mol. The summed E-state index contributed by atoms with van der Waals surface area (Å²) >= 11 is 0. The maximum atomic E-state index is 8.04. The molecule has 0 amide bonds. The Kier molecular flexibility index (Phi) is 5.26. The van der Waals surface area contributed by atoms with Gasteiger partial charge in [0.25, 0.3) is 0 Å². The molecule has 22 heavy (non-hydrogen) atoms. The molecule has 0 spiro atoms. The van der Waals surface area contributed by atoms with Gasteiger partial charge in [-0.2, -0.15) is 0 Å². The molecular formula is C15H21N7. The second-order valence-corrected chi connectivity index (χ2v) is 4.97. The zero-order valence-electron chi connectivity index (χ0n) is 12.3. The van der Waals surface area contributed by atoms with E-state index in [4.69, 9.17) is 22.6 Å². The Balaban J connectivity index is 0.000000299. The summed E-state index contributed by atoms with van der Waals surface area (Å²) in [5, 5.41) is 11.3. The molecule has 0 radical (unpaired) electrons. The fourth-order valence-corrected chi connectivity index (χ4v) is 2.09. The van der Waals surface area contributed by atoms with Crippen LogP contribution in [0.2, 0.25) is 0 Å². The first-order valence-electron chi connectivity index (χ1n) is 7.11. The number of nitrogen functional groups attached to an aromatic ring is 3. The molecule has 3 rings (SSSR count). The first kappa shape index (κ1) is 15.7. The quantitative estimate of drug-likeness (QED) is 0.414. The highest BCUT2D eigenvalue weighted by molar-refractivity contribution is 6.16. The molecule has 1 fully saturated rings. The number of rotatable bonds is 2. The molecule has 1 aromatic heterocycles. The highest BCUT2D eigenvalue weighted by Gasteiger charge is 2.13. The number of hydrogen-bond donors (Lipinski definition) is 5. The predicted molar refractivity (Wildman–Crippen MR) is 89.7 cm³/mol. The zero-order chi connectivity index (χ0) is 15.9. The Morgan fingerprint density at radius 2 is 1.50 bits per heavy atom. The standard InChI is InChI=1S/C11H12N6.C4H9N/c12-7-3-1-6(2-4-7)9(13)8-10(14)16-5-17-11(8)15;1-2-4-5-3-1/h1-5,13H,12H2,(H4,14,15,16,17);5H,1-4H2. The predicted octanol–water partition coefficient (Wildman–Crippen LogP) is 1.01. The molecule has 2 heterocycles. The molecule has 7 heteroatoms. The SMILES string of the molecule is C1CCNC1.N=C(c1ccc(N)cc1)c1c(N)ncnc1N. The van der Waals surface area contributed by atoms with E-state index in [9.17, 15) is 0 Å². The summed E-state index contributed by atoms with van der Waals surface area (Å²) in [5.74, 6) is 0.388. The van der Waals surface area contributed by atoms with Gasteiger partial charge in [-0.1, -0.05) is 12.1 Å². The second kappa shape index (κ2) is 7.37. The molecule has 0 saturated carbocycles. The molecule has 7 nitrogen and oxygen atoms in total. The van der Waals surface area contributed by atoms with Gasteiger partial charge in [0.15, 0.2) is 0 Å². The van der Waals surface area contributed by atoms with Crippen LogP contribution in [-0.4, -0.2) is 28.8 Å². The lowest BCUT2D eigenvalue weighted by Gasteiger charge is -2.08. The van der Waals surface area contributed by atoms with Gasteiger partial charge in [-0.05, 0) is 38.1 Å². The van der Waals surface area contributed by atoms with Gasteiger partial charge in [0.1, 0.15) is 18.0 Å². The van der Waals surface area contributed by atoms with Crippen molar-refractivity contribution in [3.8, 4) is 0 Å². The lowest BCUT2D eigenvalue weighted by molar-refractivity contribution is 0.857. The summed E-state index contributed by atoms with van der Waals surface area (Å²) in [7, 11) is 0. The minimum absolute atomic E-state index is 0.181. The second-order valence-electron chi connectivity index (χ2n) is 4.97. The number of aromatic nitrogens is 2. The molecule has 8 N–H and O–H groups in total. The maximum absolute atomic E-state index is 8.04. The molecule has 0 bridgehead atoms. The lowest BCUT2D eigenvalue weighted by Crippen LogP contribution is -2.11. The third-order valence-corrected chi connectivity index (χ3v) is 3.31. The van der Waals surface area contributed by atoms with Crippen molar-refractivity contribution < 1.29 is 0 Å². The number of benzene rings is 1. The van der Waals surface area contributed by atoms with Crippen molar-refractivity contribution in [1.29, 1.82) is 5.41 Å². The van der Waals surface area contributed by atoms with Crippen LogP contribution in [0.5, 0.6) is 0 Å². The third-order valence-electron chi connectivity index (χ3n) is 3.31. The van der Waals surface area contributed by atoms with E-state index in [0.29, 0.717) is 16.8 Å². The van der Waals surface area contributed by atoms with Gasteiger partial charge in [-0.25, -0.2) is 9.97 Å². The van der Waals surface area contributed by atoms with Gasteiger partial charge >= 0.3 is 0 Å². The average Bonchev–Trinajstić information content (AvgIpc) is 3.07. The van der Waals surface area contributed by atoms with Crippen LogP contribution < -0.4 is 22.5 Å². The molecule has 1 aliphatic rings. The monoisotopic (exact) mass is 299 g/mol. The van der Waals surface area contributed by atoms with Crippen LogP contribution in [0.25, 0.3) is 0 Å². The van der Waals surface area contributed by atoms with Gasteiger partial charge in [0, 0.05) is 11.3 Å². The fourth-order valence-electron chi connectivity index (χ4n) is 2.09. The summed E-state index contributed by atoms with van der Waals surface area (Å²) < 4.78 is 0. The number of hydrogen-bond acceptors (Lipinski definition) is 7. The Morgan fingerprint density at radius 1 is 0.955 bits per heavy atom. The van der Waals surface area contributed by atoms with Crippen LogP contribution >= 0.6 is 0 Å². The van der Waals surface area contributed by atoms with E-state index in [1.54, 1.807) is 24.3 Å². The van der Waals surface area contributed by atoms with Crippen molar-refractivity contribution >= 4 is 23.0 Å². The van der Waals surface area contributed by atoms with Crippen LogP contribution in [0.4, 0.5) is 17.3 Å². The Bertz CT molecular complexity index is 605. The Morgan fingerprint density at radius 3 is 1.95 bits per heavy atom. The first-order chi connectivity index (χ1) is 10.6. The molecule has 1 aliphatic heterocycles. The number of nitrogens with zero attached hydrogens (tertiary/aromatic N) is 2. The van der Waals surface area contributed by atoms with Crippen molar-refractivity contribution in [2.45, 2.75) is 12.8 Å². The number of anilines is 3. The summed E-state index contributed by atoms with van der Waals surface area (Å²) in [6.07, 6.45) is 4.05. The molecule has 116 valence electrons. The molecule has 0 aliphatic carbocycles. The van der Waals surface area contributed by atoms with Crippen LogP contribution in [0.3, 0.4) is 0 Å². The number of nitrogens with two attached hydrogens (primary N) is 3. The Labute approximate surface area is 129 Å². The highest BCUT2D eigenvalue weighted by Crippen LogP contribution is 2.19. The van der Waals surface area contributed by atoms with Crippen molar-refractivity contribution in [3.05, 3.63) is 41.7 Å². The summed E-state index contributed by atoms with van der Waals surface area (Å²) in [6, 6.07) is 6.87. The van der Waals surface area contributed by atoms with Gasteiger partial charge in [-0.3, -0.25) is 5.41 Å². The van der Waals surface area contributed by atoms with Crippen LogP contribution in [0.15, 0.2) is 30.6 Å². The molecule has 2 aromatic rings. The molecule has 1 aromatic carbocycles. The lowest BCUT2D eigenvalue weighted by atomic mass is 10.0. The summed E-state index contributed by atoms with van der Waals surface area (Å²) in [5.41, 5.74) is 18.8. The van der Waals surface area contributed by atoms with E-state index < -0.39 is 0 Å². The molecule has 0 atom stereocenters. The van der Waals surface area contributed by atoms with E-state index in [1.807, 2.05) is 0 Å². The fraction of sp³-hybridized carbons (Fsp3) is 0.267. The van der Waals surface area contributed by atoms with Crippen molar-refractivity contribution in [2.75, 3.05) is 30.3 Å². The van der Waals surface area contributed by atoms with Gasteiger partial charge in [-0.15, -0.1) is 0 Å². The van der Waals surface area contributed by atoms with Gasteiger partial charge < -0.3 is 22.5 Å². The van der Waals surface area contributed by atoms with Crippen molar-refractivity contribution in [1.82, 2.24) is 15.3 Å². The molecule has 0 unspecified atom stereocenters. The minimum Gasteiger partial charge on any atom is -0.399 e. The van der Waals surface area contributed by atoms with Gasteiger partial charge in [0.2, 0.25) is 0 Å². The van der Waals surface area contributed by atoms with E-state index in [-0.39, 0.29) is 17.3 Å². The largest absolute Gasteiger partial charge is 0.399 e. The summed E-state index contributed by atoms with van der Waals surface area (Å²) in [4.78, 5) is 7.65. The topological polar surface area (TPSA) is 140 Å². The first-order valence-corrected chi connectivity index (χ1v) is 7.11. The van der Waals surface area contributed by atoms with Gasteiger partial charge in [0.05, 0.1) is 11.3 Å². The third kappa shape index (κ3) is 3.92. The smallest absolute Gasteiger partial charge is 0.138 e. The van der Waals surface area contributed by atoms with Crippen LogP contribution in [0, 0.1) is 5.41 Å². The Hall–Kier alpha value is -2.67. The van der Waals surface area contributed by atoms with E-state index in [0.717, 1.165) is 0 Å². The maximum Gasteiger partial charge on any atom is 0.138 e. The van der Waals surface area contributed by atoms with E-state index in [2.05, 4.69) is 15.3 Å². The van der Waals surface area contributed by atoms with Crippen LogP contribution in [-0.2, 0) is 0 Å². The normalized spacial score (nSPS) is 13.3. The zero-order valence-corrected chi connectivity index (χ0v) is 12.3. The van der Waals surface area contributed by atoms with Crippen LogP contribution in [0.1, 0.15) is 24.0 Å². The van der Waals surface area contributed by atoms with Crippen molar-refractivity contribution in [3.63, 3.8) is 0 Å². The summed E-state index contributed by atoms with van der Waals surface area (Å²) in [6.45, 7) is 2.50. The van der Waals surface area contributed by atoms with E-state index >= 15 is 0 Å². The van der Waals surface area contributed by atoms with Crippen molar-refractivity contribution in [2.24, 2.45) is 0 Å². The highest BCUT2D eigenvalue weighted by atomic mass is 15.0. The van der Waals surface area contributed by atoms with E-state index in [1.165, 1.54) is 32.3 Å². The minimum atomic E-state index is 0.181. The average molecular weight is 299 g/mol. The molecule has 1 saturated heterocycles.